The summed E-state index contributed by atoms with van der Waals surface area (Å²) in [7, 11) is 0. The van der Waals surface area contributed by atoms with Crippen molar-refractivity contribution in [1.82, 2.24) is 4.98 Å². The molecule has 0 amide bonds. The van der Waals surface area contributed by atoms with Crippen LogP contribution in [-0.4, -0.2) is 21.8 Å². The molecule has 0 unspecified atom stereocenters. The Morgan fingerprint density at radius 1 is 1.47 bits per heavy atom. The van der Waals surface area contributed by atoms with Gasteiger partial charge in [0, 0.05) is 30.3 Å². The van der Waals surface area contributed by atoms with Crippen LogP contribution in [0.15, 0.2) is 6.20 Å². The number of carboxylic acid groups (broad SMARTS) is 1. The van der Waals surface area contributed by atoms with Crippen LogP contribution in [0.2, 0.25) is 0 Å². The third kappa shape index (κ3) is 2.68. The normalized spacial score (nSPS) is 10.3. The van der Waals surface area contributed by atoms with Gasteiger partial charge in [-0.25, -0.2) is 0 Å². The monoisotopic (exact) mass is 209 g/mol. The summed E-state index contributed by atoms with van der Waals surface area (Å²) in [6, 6.07) is 0. The summed E-state index contributed by atoms with van der Waals surface area (Å²) in [6.07, 6.45) is 2.63. The van der Waals surface area contributed by atoms with Gasteiger partial charge in [-0.15, -0.1) is 0 Å². The molecule has 0 saturated carbocycles. The number of aromatic nitrogens is 1. The Bertz CT molecular complexity index is 379. The Morgan fingerprint density at radius 3 is 2.67 bits per heavy atom. The van der Waals surface area contributed by atoms with Crippen LogP contribution in [0.25, 0.3) is 0 Å². The van der Waals surface area contributed by atoms with Gasteiger partial charge in [-0.1, -0.05) is 6.92 Å². The number of nitrogens with one attached hydrogen (secondary N) is 1. The first-order chi connectivity index (χ1) is 7.06. The largest absolute Gasteiger partial charge is 0.481 e. The van der Waals surface area contributed by atoms with E-state index >= 15 is 0 Å². The van der Waals surface area contributed by atoms with Crippen LogP contribution in [0, 0.1) is 6.92 Å². The highest BCUT2D eigenvalue weighted by molar-refractivity contribution is 5.98. The second-order valence-electron chi connectivity index (χ2n) is 3.48. The second kappa shape index (κ2) is 4.77. The first-order valence-electron chi connectivity index (χ1n) is 4.98. The van der Waals surface area contributed by atoms with E-state index in [1.807, 2.05) is 6.92 Å². The molecule has 0 radical (unpaired) electrons. The van der Waals surface area contributed by atoms with E-state index in [9.17, 15) is 9.59 Å². The average molecular weight is 209 g/mol. The van der Waals surface area contributed by atoms with Crippen LogP contribution >= 0.6 is 0 Å². The summed E-state index contributed by atoms with van der Waals surface area (Å²) >= 11 is 0. The molecule has 0 atom stereocenters. The summed E-state index contributed by atoms with van der Waals surface area (Å²) in [6.45, 7) is 3.63. The third-order valence-electron chi connectivity index (χ3n) is 2.37. The van der Waals surface area contributed by atoms with Crippen molar-refractivity contribution in [3.05, 3.63) is 23.0 Å². The number of hydrogen-bond acceptors (Lipinski definition) is 2. The average Bonchev–Trinajstić information content (AvgIpc) is 2.55. The van der Waals surface area contributed by atoms with Crippen molar-refractivity contribution < 1.29 is 14.7 Å². The lowest BCUT2D eigenvalue weighted by Crippen LogP contribution is -2.04. The lowest BCUT2D eigenvalue weighted by Gasteiger charge is -2.01. The predicted molar refractivity (Wildman–Crippen MR) is 56.1 cm³/mol. The van der Waals surface area contributed by atoms with Crippen molar-refractivity contribution in [2.24, 2.45) is 0 Å². The Balaban J connectivity index is 2.88. The van der Waals surface area contributed by atoms with E-state index in [0.717, 1.165) is 11.3 Å². The Kier molecular flexibility index (Phi) is 3.66. The summed E-state index contributed by atoms with van der Waals surface area (Å²) in [5.74, 6) is -0.780. The molecule has 15 heavy (non-hydrogen) atoms. The minimum absolute atomic E-state index is 0.0568. The van der Waals surface area contributed by atoms with Gasteiger partial charge < -0.3 is 10.1 Å². The van der Waals surface area contributed by atoms with Gasteiger partial charge in [-0.3, -0.25) is 9.59 Å². The molecule has 1 heterocycles. The zero-order chi connectivity index (χ0) is 11.4. The number of H-pyrrole nitrogens is 1. The second-order valence-corrected chi connectivity index (χ2v) is 3.48. The van der Waals surface area contributed by atoms with Gasteiger partial charge in [0.05, 0.1) is 0 Å². The number of ketones is 1. The summed E-state index contributed by atoms with van der Waals surface area (Å²) < 4.78 is 0. The van der Waals surface area contributed by atoms with Gasteiger partial charge in [-0.2, -0.15) is 0 Å². The molecular weight excluding hydrogens is 194 g/mol. The zero-order valence-electron chi connectivity index (χ0n) is 8.96. The minimum atomic E-state index is -0.844. The fourth-order valence-electron chi connectivity index (χ4n) is 1.58. The number of carbonyl (C=O) groups is 2. The molecule has 0 aliphatic rings. The van der Waals surface area contributed by atoms with Gasteiger partial charge in [-0.05, 0) is 18.9 Å². The standard InChI is InChI=1S/C11H15NO3/c1-3-9(13)11-7(2)12-6-8(11)4-5-10(14)15/h6,12H,3-5H2,1-2H3,(H,14,15). The number of carbonyl (C=O) groups excluding carboxylic acids is 1. The molecule has 4 nitrogen and oxygen atoms in total. The van der Waals surface area contributed by atoms with E-state index in [0.29, 0.717) is 18.4 Å². The number of carboxylic acids is 1. The quantitative estimate of drug-likeness (QED) is 0.728. The molecular formula is C11H15NO3. The van der Waals surface area contributed by atoms with E-state index in [4.69, 9.17) is 5.11 Å². The zero-order valence-corrected chi connectivity index (χ0v) is 8.96. The molecule has 0 fully saturated rings. The predicted octanol–water partition coefficient (Wildman–Crippen LogP) is 1.93. The van der Waals surface area contributed by atoms with Crippen LogP contribution in [0.3, 0.4) is 0 Å². The first-order valence-corrected chi connectivity index (χ1v) is 4.98. The summed E-state index contributed by atoms with van der Waals surface area (Å²) in [5.41, 5.74) is 2.29. The van der Waals surface area contributed by atoms with Crippen molar-refractivity contribution in [3.63, 3.8) is 0 Å². The van der Waals surface area contributed by atoms with Gasteiger partial charge >= 0.3 is 5.97 Å². The molecule has 1 aromatic heterocycles. The molecule has 1 rings (SSSR count). The van der Waals surface area contributed by atoms with Crippen LogP contribution in [-0.2, 0) is 11.2 Å². The van der Waals surface area contributed by atoms with E-state index in [1.54, 1.807) is 13.1 Å². The number of aryl methyl sites for hydroxylation is 2. The van der Waals surface area contributed by atoms with Crippen LogP contribution in [0.4, 0.5) is 0 Å². The Labute approximate surface area is 88.3 Å². The molecule has 0 spiro atoms. The molecule has 1 aromatic rings. The number of rotatable bonds is 5. The molecule has 0 aromatic carbocycles. The highest BCUT2D eigenvalue weighted by atomic mass is 16.4. The van der Waals surface area contributed by atoms with Crippen molar-refractivity contribution in [3.8, 4) is 0 Å². The molecule has 0 aliphatic carbocycles. The SMILES string of the molecule is CCC(=O)c1c(CCC(=O)O)c[nH]c1C. The molecule has 0 bridgehead atoms. The fraction of sp³-hybridized carbons (Fsp3) is 0.455. The summed E-state index contributed by atoms with van der Waals surface area (Å²) in [5, 5.41) is 8.57. The number of aliphatic carboxylic acids is 1. The third-order valence-corrected chi connectivity index (χ3v) is 2.37. The van der Waals surface area contributed by atoms with Crippen molar-refractivity contribution in [1.29, 1.82) is 0 Å². The molecule has 2 N–H and O–H groups in total. The Morgan fingerprint density at radius 2 is 2.13 bits per heavy atom. The van der Waals surface area contributed by atoms with Gasteiger partial charge in [0.1, 0.15) is 0 Å². The van der Waals surface area contributed by atoms with E-state index in [-0.39, 0.29) is 12.2 Å². The van der Waals surface area contributed by atoms with Crippen LogP contribution < -0.4 is 0 Å². The molecule has 4 heteroatoms. The highest BCUT2D eigenvalue weighted by Gasteiger charge is 2.14. The maximum absolute atomic E-state index is 11.6. The first kappa shape index (κ1) is 11.5. The molecule has 82 valence electrons. The van der Waals surface area contributed by atoms with Gasteiger partial charge in [0.15, 0.2) is 5.78 Å². The van der Waals surface area contributed by atoms with Crippen molar-refractivity contribution >= 4 is 11.8 Å². The number of Topliss-reactive ketones (excluding diaryl/α,β-unsaturated/α-hetero) is 1. The van der Waals surface area contributed by atoms with Gasteiger partial charge in [0.2, 0.25) is 0 Å². The van der Waals surface area contributed by atoms with E-state index < -0.39 is 5.97 Å². The van der Waals surface area contributed by atoms with Crippen LogP contribution in [0.1, 0.15) is 41.4 Å². The summed E-state index contributed by atoms with van der Waals surface area (Å²) in [4.78, 5) is 25.0. The van der Waals surface area contributed by atoms with Gasteiger partial charge in [0.25, 0.3) is 0 Å². The lowest BCUT2D eigenvalue weighted by molar-refractivity contribution is -0.136. The molecule has 0 aliphatic heterocycles. The maximum Gasteiger partial charge on any atom is 0.303 e. The number of aromatic amines is 1. The fourth-order valence-corrected chi connectivity index (χ4v) is 1.58. The maximum atomic E-state index is 11.6. The minimum Gasteiger partial charge on any atom is -0.481 e. The topological polar surface area (TPSA) is 70.2 Å². The highest BCUT2D eigenvalue weighted by Crippen LogP contribution is 2.17. The number of hydrogen-bond donors (Lipinski definition) is 2. The van der Waals surface area contributed by atoms with E-state index in [2.05, 4.69) is 4.98 Å². The Hall–Kier alpha value is -1.58. The van der Waals surface area contributed by atoms with E-state index in [1.165, 1.54) is 0 Å². The van der Waals surface area contributed by atoms with Crippen molar-refractivity contribution in [2.45, 2.75) is 33.1 Å². The molecule has 0 saturated heterocycles. The van der Waals surface area contributed by atoms with Crippen LogP contribution in [0.5, 0.6) is 0 Å². The lowest BCUT2D eigenvalue weighted by atomic mass is 10.0. The smallest absolute Gasteiger partial charge is 0.303 e. The van der Waals surface area contributed by atoms with Crippen molar-refractivity contribution in [2.75, 3.05) is 0 Å².